The van der Waals surface area contributed by atoms with Crippen LogP contribution in [0.5, 0.6) is 0 Å². The number of hydrogen-bond donors (Lipinski definition) is 1. The van der Waals surface area contributed by atoms with Gasteiger partial charge in [0.1, 0.15) is 0 Å². The molecule has 1 aliphatic heterocycles. The fourth-order valence-corrected chi connectivity index (χ4v) is 3.27. The van der Waals surface area contributed by atoms with E-state index in [2.05, 4.69) is 15.9 Å². The predicted molar refractivity (Wildman–Crippen MR) is 84.0 cm³/mol. The Morgan fingerprint density at radius 1 is 1.43 bits per heavy atom. The summed E-state index contributed by atoms with van der Waals surface area (Å²) >= 11 is 3.46. The Morgan fingerprint density at radius 3 is 2.62 bits per heavy atom. The smallest absolute Gasteiger partial charge is 0.308 e. The molecule has 1 heterocycles. The van der Waals surface area contributed by atoms with Gasteiger partial charge < -0.3 is 10.0 Å². The van der Waals surface area contributed by atoms with Crippen LogP contribution in [0.1, 0.15) is 43.9 Å². The van der Waals surface area contributed by atoms with Crippen molar-refractivity contribution < 1.29 is 14.7 Å². The monoisotopic (exact) mass is 353 g/mol. The molecule has 0 radical (unpaired) electrons. The third-order valence-corrected chi connectivity index (χ3v) is 4.92. The molecule has 21 heavy (non-hydrogen) atoms. The van der Waals surface area contributed by atoms with E-state index in [9.17, 15) is 14.7 Å². The van der Waals surface area contributed by atoms with Gasteiger partial charge >= 0.3 is 5.97 Å². The minimum absolute atomic E-state index is 0.0198. The zero-order valence-electron chi connectivity index (χ0n) is 12.5. The van der Waals surface area contributed by atoms with Crippen LogP contribution in [0.15, 0.2) is 22.7 Å². The Hall–Kier alpha value is -1.36. The molecule has 2 rings (SSSR count). The number of nitrogens with zero attached hydrogens (tertiary/aromatic N) is 1. The summed E-state index contributed by atoms with van der Waals surface area (Å²) in [5.41, 5.74) is 1.93. The van der Waals surface area contributed by atoms with Gasteiger partial charge in [0.15, 0.2) is 0 Å². The predicted octanol–water partition coefficient (Wildman–Crippen LogP) is 3.53. The molecule has 4 nitrogen and oxygen atoms in total. The number of halogens is 1. The van der Waals surface area contributed by atoms with Crippen molar-refractivity contribution in [3.63, 3.8) is 0 Å². The lowest BCUT2D eigenvalue weighted by molar-refractivity contribution is -0.153. The first kappa shape index (κ1) is 16.0. The van der Waals surface area contributed by atoms with Crippen molar-refractivity contribution >= 4 is 27.8 Å². The molecule has 1 aromatic carbocycles. The van der Waals surface area contributed by atoms with Crippen LogP contribution in [-0.2, 0) is 9.59 Å². The Balaban J connectivity index is 2.51. The Labute approximate surface area is 133 Å². The second kappa shape index (κ2) is 6.18. The van der Waals surface area contributed by atoms with Crippen molar-refractivity contribution in [3.05, 3.63) is 33.8 Å². The number of carbonyl (C=O) groups excluding carboxylic acids is 1. The zero-order valence-corrected chi connectivity index (χ0v) is 14.1. The van der Waals surface area contributed by atoms with Crippen LogP contribution in [0.2, 0.25) is 0 Å². The number of aryl methyl sites for hydroxylation is 1. The third-order valence-electron chi connectivity index (χ3n) is 4.04. The van der Waals surface area contributed by atoms with Gasteiger partial charge in [-0.05, 0) is 44.4 Å². The maximum absolute atomic E-state index is 12.3. The number of benzene rings is 1. The second-order valence-corrected chi connectivity index (χ2v) is 6.69. The Morgan fingerprint density at radius 2 is 2.10 bits per heavy atom. The summed E-state index contributed by atoms with van der Waals surface area (Å²) in [5, 5.41) is 9.53. The highest BCUT2D eigenvalue weighted by Gasteiger charge is 2.41. The molecule has 1 amide bonds. The number of carboxylic acid groups (broad SMARTS) is 1. The molecule has 5 heteroatoms. The first-order chi connectivity index (χ1) is 9.82. The Bertz CT molecular complexity index is 571. The molecule has 1 fully saturated rings. The second-order valence-electron chi connectivity index (χ2n) is 5.83. The molecule has 2 unspecified atom stereocenters. The van der Waals surface area contributed by atoms with Crippen molar-refractivity contribution in [3.8, 4) is 0 Å². The quantitative estimate of drug-likeness (QED) is 0.904. The van der Waals surface area contributed by atoms with E-state index in [1.165, 1.54) is 0 Å². The summed E-state index contributed by atoms with van der Waals surface area (Å²) in [7, 11) is 0. The van der Waals surface area contributed by atoms with Crippen LogP contribution in [-0.4, -0.2) is 27.9 Å². The van der Waals surface area contributed by atoms with Crippen LogP contribution < -0.4 is 0 Å². The van der Waals surface area contributed by atoms with Crippen molar-refractivity contribution in [1.29, 1.82) is 0 Å². The summed E-state index contributed by atoms with van der Waals surface area (Å²) in [6.07, 6.45) is 0.707. The lowest BCUT2D eigenvalue weighted by atomic mass is 9.83. The summed E-state index contributed by atoms with van der Waals surface area (Å²) in [4.78, 5) is 25.6. The molecule has 1 aromatic rings. The maximum Gasteiger partial charge on any atom is 0.308 e. The molecule has 0 bridgehead atoms. The van der Waals surface area contributed by atoms with E-state index in [0.29, 0.717) is 12.8 Å². The van der Waals surface area contributed by atoms with Gasteiger partial charge in [-0.1, -0.05) is 28.1 Å². The molecule has 1 aliphatic rings. The molecule has 1 saturated heterocycles. The molecule has 114 valence electrons. The highest BCUT2D eigenvalue weighted by Crippen LogP contribution is 2.39. The van der Waals surface area contributed by atoms with Gasteiger partial charge in [0.2, 0.25) is 5.91 Å². The van der Waals surface area contributed by atoms with Crippen LogP contribution in [0.25, 0.3) is 0 Å². The highest BCUT2D eigenvalue weighted by molar-refractivity contribution is 9.10. The zero-order chi connectivity index (χ0) is 15.7. The van der Waals surface area contributed by atoms with Gasteiger partial charge in [0.25, 0.3) is 0 Å². The van der Waals surface area contributed by atoms with Crippen LogP contribution >= 0.6 is 15.9 Å². The minimum atomic E-state index is -0.835. The molecule has 1 N–H and O–H groups in total. The molecular formula is C16H20BrNO3. The van der Waals surface area contributed by atoms with Gasteiger partial charge in [0, 0.05) is 16.9 Å². The number of aliphatic carboxylic acids is 1. The standard InChI is InChI=1S/C16H20BrNO3/c1-9(2)18-14(19)7-5-12(16(20)21)15(18)11-4-6-13(17)10(3)8-11/h4,6,8-9,12,15H,5,7H2,1-3H3,(H,20,21). The van der Waals surface area contributed by atoms with Gasteiger partial charge in [-0.25, -0.2) is 0 Å². The van der Waals surface area contributed by atoms with E-state index in [4.69, 9.17) is 0 Å². The summed E-state index contributed by atoms with van der Waals surface area (Å²) in [6.45, 7) is 5.83. The van der Waals surface area contributed by atoms with E-state index < -0.39 is 17.9 Å². The first-order valence-corrected chi connectivity index (χ1v) is 7.92. The average molecular weight is 354 g/mol. The van der Waals surface area contributed by atoms with Crippen LogP contribution in [0.3, 0.4) is 0 Å². The van der Waals surface area contributed by atoms with E-state index in [-0.39, 0.29) is 11.9 Å². The fourth-order valence-electron chi connectivity index (χ4n) is 3.03. The SMILES string of the molecule is Cc1cc(C2C(C(=O)O)CCC(=O)N2C(C)C)ccc1Br. The van der Waals surface area contributed by atoms with Gasteiger partial charge in [-0.3, -0.25) is 9.59 Å². The number of amides is 1. The van der Waals surface area contributed by atoms with Crippen LogP contribution in [0, 0.1) is 12.8 Å². The number of hydrogen-bond acceptors (Lipinski definition) is 2. The molecular weight excluding hydrogens is 334 g/mol. The van der Waals surface area contributed by atoms with Crippen LogP contribution in [0.4, 0.5) is 0 Å². The van der Waals surface area contributed by atoms with E-state index in [0.717, 1.165) is 15.6 Å². The van der Waals surface area contributed by atoms with Crippen molar-refractivity contribution in [2.24, 2.45) is 5.92 Å². The number of carbonyl (C=O) groups is 2. The fraction of sp³-hybridized carbons (Fsp3) is 0.500. The summed E-state index contributed by atoms with van der Waals surface area (Å²) in [5.74, 6) is -1.35. The van der Waals surface area contributed by atoms with Crippen molar-refractivity contribution in [1.82, 2.24) is 4.90 Å². The first-order valence-electron chi connectivity index (χ1n) is 7.13. The number of rotatable bonds is 3. The van der Waals surface area contributed by atoms with E-state index in [1.54, 1.807) is 4.90 Å². The molecule has 0 aliphatic carbocycles. The average Bonchev–Trinajstić information content (AvgIpc) is 2.40. The van der Waals surface area contributed by atoms with Gasteiger partial charge in [-0.15, -0.1) is 0 Å². The van der Waals surface area contributed by atoms with E-state index >= 15 is 0 Å². The minimum Gasteiger partial charge on any atom is -0.481 e. The molecule has 2 atom stereocenters. The third kappa shape index (κ3) is 3.12. The Kier molecular flexibility index (Phi) is 4.71. The molecule has 0 spiro atoms. The number of piperidine rings is 1. The normalized spacial score (nSPS) is 22.7. The topological polar surface area (TPSA) is 57.6 Å². The van der Waals surface area contributed by atoms with Gasteiger partial charge in [0.05, 0.1) is 12.0 Å². The van der Waals surface area contributed by atoms with Crippen molar-refractivity contribution in [2.75, 3.05) is 0 Å². The van der Waals surface area contributed by atoms with Crippen molar-refractivity contribution in [2.45, 2.75) is 45.7 Å². The lowest BCUT2D eigenvalue weighted by Gasteiger charge is -2.42. The van der Waals surface area contributed by atoms with Gasteiger partial charge in [-0.2, -0.15) is 0 Å². The van der Waals surface area contributed by atoms with E-state index in [1.807, 2.05) is 39.0 Å². The molecule has 0 aromatic heterocycles. The highest BCUT2D eigenvalue weighted by atomic mass is 79.9. The molecule has 0 saturated carbocycles. The number of likely N-dealkylation sites (tertiary alicyclic amines) is 1. The largest absolute Gasteiger partial charge is 0.481 e. The summed E-state index contributed by atoms with van der Waals surface area (Å²) in [6, 6.07) is 5.38. The maximum atomic E-state index is 12.3. The summed E-state index contributed by atoms with van der Waals surface area (Å²) < 4.78 is 0.983. The lowest BCUT2D eigenvalue weighted by Crippen LogP contribution is -2.48. The number of carboxylic acids is 1.